The second-order valence-corrected chi connectivity index (χ2v) is 6.13. The van der Waals surface area contributed by atoms with Gasteiger partial charge in [-0.1, -0.05) is 20.8 Å². The van der Waals surface area contributed by atoms with Crippen molar-refractivity contribution in [2.45, 2.75) is 46.1 Å². The summed E-state index contributed by atoms with van der Waals surface area (Å²) in [4.78, 5) is 35.0. The van der Waals surface area contributed by atoms with Crippen molar-refractivity contribution in [3.05, 3.63) is 0 Å². The van der Waals surface area contributed by atoms with Gasteiger partial charge in [0.1, 0.15) is 6.04 Å². The molecule has 1 aliphatic carbocycles. The van der Waals surface area contributed by atoms with Crippen LogP contribution in [-0.4, -0.2) is 37.5 Å². The minimum Gasteiger partial charge on any atom is -0.467 e. The fourth-order valence-electron chi connectivity index (χ4n) is 2.21. The summed E-state index contributed by atoms with van der Waals surface area (Å²) in [5, 5.41) is 5.41. The highest BCUT2D eigenvalue weighted by atomic mass is 16.5. The summed E-state index contributed by atoms with van der Waals surface area (Å²) in [7, 11) is 1.30. The maximum Gasteiger partial charge on any atom is 0.328 e. The molecular formula is C15H26N2O4. The van der Waals surface area contributed by atoms with Crippen molar-refractivity contribution in [2.24, 2.45) is 17.8 Å². The van der Waals surface area contributed by atoms with Crippen LogP contribution < -0.4 is 10.6 Å². The molecule has 2 N–H and O–H groups in total. The Morgan fingerprint density at radius 1 is 1.29 bits per heavy atom. The van der Waals surface area contributed by atoms with Gasteiger partial charge in [0.15, 0.2) is 0 Å². The van der Waals surface area contributed by atoms with Crippen LogP contribution in [0.4, 0.5) is 0 Å². The zero-order valence-corrected chi connectivity index (χ0v) is 13.3. The molecule has 0 unspecified atom stereocenters. The molecule has 0 spiro atoms. The molecule has 6 nitrogen and oxygen atoms in total. The summed E-state index contributed by atoms with van der Waals surface area (Å²) >= 11 is 0. The first-order chi connectivity index (χ1) is 9.85. The van der Waals surface area contributed by atoms with Crippen molar-refractivity contribution in [3.63, 3.8) is 0 Å². The first-order valence-electron chi connectivity index (χ1n) is 7.50. The highest BCUT2D eigenvalue weighted by molar-refractivity contribution is 5.85. The number of ether oxygens (including phenoxy) is 1. The minimum absolute atomic E-state index is 0.0157. The third-order valence-electron chi connectivity index (χ3n) is 3.63. The Bertz CT molecular complexity index is 395. The van der Waals surface area contributed by atoms with Gasteiger partial charge in [-0.15, -0.1) is 0 Å². The van der Waals surface area contributed by atoms with Crippen LogP contribution in [0.2, 0.25) is 0 Å². The summed E-state index contributed by atoms with van der Waals surface area (Å²) in [6.45, 7) is 6.27. The van der Waals surface area contributed by atoms with E-state index in [1.807, 2.05) is 20.8 Å². The first-order valence-corrected chi connectivity index (χ1v) is 7.50. The number of nitrogens with one attached hydrogen (secondary N) is 2. The van der Waals surface area contributed by atoms with Gasteiger partial charge in [0.25, 0.3) is 0 Å². The molecule has 0 heterocycles. The molecule has 0 saturated heterocycles. The van der Waals surface area contributed by atoms with E-state index in [1.165, 1.54) is 7.11 Å². The largest absolute Gasteiger partial charge is 0.467 e. The molecule has 1 aliphatic rings. The van der Waals surface area contributed by atoms with E-state index in [0.717, 1.165) is 6.42 Å². The van der Waals surface area contributed by atoms with Gasteiger partial charge in [-0.25, -0.2) is 4.79 Å². The maximum atomic E-state index is 11.8. The second kappa shape index (κ2) is 8.00. The zero-order chi connectivity index (χ0) is 16.0. The van der Waals surface area contributed by atoms with Crippen molar-refractivity contribution < 1.29 is 19.1 Å². The molecule has 0 aromatic carbocycles. The normalized spacial score (nSPS) is 21.6. The molecule has 1 saturated carbocycles. The van der Waals surface area contributed by atoms with Crippen LogP contribution in [-0.2, 0) is 19.1 Å². The van der Waals surface area contributed by atoms with Gasteiger partial charge in [0, 0.05) is 18.9 Å². The molecule has 21 heavy (non-hydrogen) atoms. The molecule has 0 bridgehead atoms. The Kier molecular flexibility index (Phi) is 6.65. The zero-order valence-electron chi connectivity index (χ0n) is 13.3. The smallest absolute Gasteiger partial charge is 0.328 e. The maximum absolute atomic E-state index is 11.8. The summed E-state index contributed by atoms with van der Waals surface area (Å²) in [5.41, 5.74) is 0. The Balaban J connectivity index is 2.29. The lowest BCUT2D eigenvalue weighted by molar-refractivity contribution is -0.145. The van der Waals surface area contributed by atoms with Crippen LogP contribution in [0.3, 0.4) is 0 Å². The van der Waals surface area contributed by atoms with E-state index < -0.39 is 12.0 Å². The average Bonchev–Trinajstić information content (AvgIpc) is 3.13. The molecule has 3 atom stereocenters. The molecule has 1 rings (SSSR count). The van der Waals surface area contributed by atoms with E-state index in [4.69, 9.17) is 0 Å². The SMILES string of the molecule is COC(=O)[C@H](CC(C)C)NC(=O)CCNC(=O)[C@H]1C[C@H]1C. The van der Waals surface area contributed by atoms with Gasteiger partial charge in [0.2, 0.25) is 11.8 Å². The van der Waals surface area contributed by atoms with Crippen molar-refractivity contribution in [1.29, 1.82) is 0 Å². The quantitative estimate of drug-likeness (QED) is 0.651. The number of carbonyl (C=O) groups excluding carboxylic acids is 3. The number of methoxy groups -OCH3 is 1. The Hall–Kier alpha value is -1.59. The van der Waals surface area contributed by atoms with Gasteiger partial charge in [0.05, 0.1) is 7.11 Å². The van der Waals surface area contributed by atoms with E-state index in [1.54, 1.807) is 0 Å². The number of esters is 1. The van der Waals surface area contributed by atoms with Crippen LogP contribution in [0.1, 0.15) is 40.0 Å². The first kappa shape index (κ1) is 17.5. The predicted molar refractivity (Wildman–Crippen MR) is 78.3 cm³/mol. The van der Waals surface area contributed by atoms with E-state index in [9.17, 15) is 14.4 Å². The molecule has 0 radical (unpaired) electrons. The fourth-order valence-corrected chi connectivity index (χ4v) is 2.21. The summed E-state index contributed by atoms with van der Waals surface area (Å²) in [5.74, 6) is 0.154. The molecule has 0 aromatic rings. The highest BCUT2D eigenvalue weighted by Gasteiger charge is 2.38. The summed E-state index contributed by atoms with van der Waals surface area (Å²) in [6.07, 6.45) is 1.62. The summed E-state index contributed by atoms with van der Waals surface area (Å²) in [6, 6.07) is -0.623. The van der Waals surface area contributed by atoms with Crippen LogP contribution in [0.15, 0.2) is 0 Å². The monoisotopic (exact) mass is 298 g/mol. The third-order valence-corrected chi connectivity index (χ3v) is 3.63. The predicted octanol–water partition coefficient (Wildman–Crippen LogP) is 0.853. The molecule has 6 heteroatoms. The number of amides is 2. The number of hydrogen-bond acceptors (Lipinski definition) is 4. The molecule has 1 fully saturated rings. The summed E-state index contributed by atoms with van der Waals surface area (Å²) < 4.78 is 4.68. The van der Waals surface area contributed by atoms with Crippen LogP contribution in [0, 0.1) is 17.8 Å². The topological polar surface area (TPSA) is 84.5 Å². The molecular weight excluding hydrogens is 272 g/mol. The Morgan fingerprint density at radius 3 is 2.38 bits per heavy atom. The van der Waals surface area contributed by atoms with Crippen LogP contribution >= 0.6 is 0 Å². The lowest BCUT2D eigenvalue weighted by atomic mass is 10.0. The molecule has 0 aliphatic heterocycles. The second-order valence-electron chi connectivity index (χ2n) is 6.13. The van der Waals surface area contributed by atoms with Crippen molar-refractivity contribution in [2.75, 3.05) is 13.7 Å². The van der Waals surface area contributed by atoms with E-state index in [2.05, 4.69) is 15.4 Å². The fraction of sp³-hybridized carbons (Fsp3) is 0.800. The average molecular weight is 298 g/mol. The number of carbonyl (C=O) groups is 3. The van der Waals surface area contributed by atoms with Gasteiger partial charge in [-0.3, -0.25) is 9.59 Å². The van der Waals surface area contributed by atoms with Gasteiger partial charge < -0.3 is 15.4 Å². The number of rotatable bonds is 8. The van der Waals surface area contributed by atoms with Crippen molar-refractivity contribution >= 4 is 17.8 Å². The van der Waals surface area contributed by atoms with Crippen LogP contribution in [0.25, 0.3) is 0 Å². The molecule has 0 aromatic heterocycles. The third kappa shape index (κ3) is 6.14. The number of hydrogen-bond donors (Lipinski definition) is 2. The van der Waals surface area contributed by atoms with Crippen molar-refractivity contribution in [3.8, 4) is 0 Å². The molecule has 2 amide bonds. The lowest BCUT2D eigenvalue weighted by Crippen LogP contribution is -2.43. The Morgan fingerprint density at radius 2 is 1.90 bits per heavy atom. The highest BCUT2D eigenvalue weighted by Crippen LogP contribution is 2.37. The lowest BCUT2D eigenvalue weighted by Gasteiger charge is -2.18. The van der Waals surface area contributed by atoms with Gasteiger partial charge in [-0.05, 0) is 24.7 Å². The Labute approximate surface area is 126 Å². The van der Waals surface area contributed by atoms with Gasteiger partial charge in [-0.2, -0.15) is 0 Å². The van der Waals surface area contributed by atoms with Crippen LogP contribution in [0.5, 0.6) is 0 Å². The molecule has 120 valence electrons. The van der Waals surface area contributed by atoms with Gasteiger partial charge >= 0.3 is 5.97 Å². The standard InChI is InChI=1S/C15H26N2O4/c1-9(2)7-12(15(20)21-4)17-13(18)5-6-16-14(19)11-8-10(11)3/h9-12H,5-8H2,1-4H3,(H,16,19)(H,17,18)/t10-,11+,12+/m1/s1. The van der Waals surface area contributed by atoms with E-state index >= 15 is 0 Å². The van der Waals surface area contributed by atoms with E-state index in [0.29, 0.717) is 18.9 Å². The van der Waals surface area contributed by atoms with Crippen molar-refractivity contribution in [1.82, 2.24) is 10.6 Å². The van der Waals surface area contributed by atoms with E-state index in [-0.39, 0.29) is 30.1 Å². The minimum atomic E-state index is -0.623.